The Morgan fingerprint density at radius 2 is 2.44 bits per heavy atom. The Labute approximate surface area is 107 Å². The maximum absolute atomic E-state index is 11.9. The van der Waals surface area contributed by atoms with E-state index in [0.29, 0.717) is 19.8 Å². The van der Waals surface area contributed by atoms with Crippen LogP contribution < -0.4 is 5.32 Å². The van der Waals surface area contributed by atoms with Crippen molar-refractivity contribution in [3.05, 3.63) is 17.0 Å². The van der Waals surface area contributed by atoms with E-state index in [1.165, 1.54) is 17.7 Å². The van der Waals surface area contributed by atoms with Gasteiger partial charge in [0.2, 0.25) is 5.91 Å². The molecular formula is C13H19N3O2. The number of nitrogens with one attached hydrogen (secondary N) is 1. The molecule has 2 heterocycles. The molecule has 18 heavy (non-hydrogen) atoms. The molecule has 1 aliphatic carbocycles. The van der Waals surface area contributed by atoms with Crippen molar-refractivity contribution in [3.63, 3.8) is 0 Å². The third kappa shape index (κ3) is 2.03. The molecule has 1 aromatic rings. The second-order valence-corrected chi connectivity index (χ2v) is 5.13. The van der Waals surface area contributed by atoms with Gasteiger partial charge in [-0.3, -0.25) is 9.48 Å². The van der Waals surface area contributed by atoms with Crippen LogP contribution in [0.2, 0.25) is 0 Å². The minimum absolute atomic E-state index is 0.0336. The molecule has 0 bridgehead atoms. The van der Waals surface area contributed by atoms with E-state index in [-0.39, 0.29) is 11.8 Å². The van der Waals surface area contributed by atoms with Crippen molar-refractivity contribution < 1.29 is 9.53 Å². The molecule has 0 saturated carbocycles. The summed E-state index contributed by atoms with van der Waals surface area (Å²) in [5.74, 6) is 0.145. The molecule has 1 amide bonds. The van der Waals surface area contributed by atoms with Crippen molar-refractivity contribution in [3.8, 4) is 0 Å². The van der Waals surface area contributed by atoms with Crippen LogP contribution in [0, 0.1) is 5.92 Å². The van der Waals surface area contributed by atoms with Crippen LogP contribution in [-0.4, -0.2) is 28.9 Å². The van der Waals surface area contributed by atoms with Gasteiger partial charge < -0.3 is 10.1 Å². The van der Waals surface area contributed by atoms with Gasteiger partial charge in [-0.1, -0.05) is 0 Å². The zero-order chi connectivity index (χ0) is 12.5. The van der Waals surface area contributed by atoms with Crippen LogP contribution in [0.4, 0.5) is 0 Å². The largest absolute Gasteiger partial charge is 0.381 e. The minimum Gasteiger partial charge on any atom is -0.381 e. The molecule has 2 aliphatic rings. The van der Waals surface area contributed by atoms with Crippen molar-refractivity contribution in [1.29, 1.82) is 0 Å². The maximum atomic E-state index is 11.9. The second-order valence-electron chi connectivity index (χ2n) is 5.13. The summed E-state index contributed by atoms with van der Waals surface area (Å²) in [5, 5.41) is 7.53. The lowest BCUT2D eigenvalue weighted by Crippen LogP contribution is -2.31. The van der Waals surface area contributed by atoms with Crippen LogP contribution >= 0.6 is 0 Å². The third-order valence-electron chi connectivity index (χ3n) is 3.93. The predicted octanol–water partition coefficient (Wildman–Crippen LogP) is 0.561. The second kappa shape index (κ2) is 4.72. The highest BCUT2D eigenvalue weighted by Crippen LogP contribution is 2.24. The van der Waals surface area contributed by atoms with Gasteiger partial charge in [0.1, 0.15) is 0 Å². The number of amides is 1. The van der Waals surface area contributed by atoms with Crippen molar-refractivity contribution in [1.82, 2.24) is 15.1 Å². The van der Waals surface area contributed by atoms with Crippen LogP contribution in [0.3, 0.4) is 0 Å². The lowest BCUT2D eigenvalue weighted by Gasteiger charge is -2.10. The first-order chi connectivity index (χ1) is 8.75. The van der Waals surface area contributed by atoms with Gasteiger partial charge in [0, 0.05) is 13.7 Å². The Hall–Kier alpha value is -1.36. The van der Waals surface area contributed by atoms with E-state index in [2.05, 4.69) is 10.4 Å². The number of carbonyl (C=O) groups excluding carboxylic acids is 1. The molecule has 5 heteroatoms. The number of fused-ring (bicyclic) bond motifs is 1. The lowest BCUT2D eigenvalue weighted by molar-refractivity contribution is -0.125. The van der Waals surface area contributed by atoms with Gasteiger partial charge >= 0.3 is 0 Å². The van der Waals surface area contributed by atoms with Gasteiger partial charge in [-0.05, 0) is 31.2 Å². The van der Waals surface area contributed by atoms with Crippen LogP contribution in [0.5, 0.6) is 0 Å². The van der Waals surface area contributed by atoms with Gasteiger partial charge in [0.15, 0.2) is 0 Å². The van der Waals surface area contributed by atoms with E-state index in [0.717, 1.165) is 25.0 Å². The van der Waals surface area contributed by atoms with E-state index in [1.807, 2.05) is 11.7 Å². The Kier molecular flexibility index (Phi) is 3.07. The molecule has 1 fully saturated rings. The van der Waals surface area contributed by atoms with E-state index < -0.39 is 0 Å². The molecule has 1 aromatic heterocycles. The number of nitrogens with zero attached hydrogens (tertiary/aromatic N) is 2. The molecular weight excluding hydrogens is 230 g/mol. The molecule has 1 saturated heterocycles. The standard InChI is InChI=1S/C13H19N3O2/c1-16-12(10-3-2-4-11(10)15-16)7-14-13(17)9-5-6-18-8-9/h9H,2-8H2,1H3,(H,14,17). The molecule has 98 valence electrons. The molecule has 1 aliphatic heterocycles. The van der Waals surface area contributed by atoms with E-state index >= 15 is 0 Å². The Bertz CT molecular complexity index is 461. The third-order valence-corrected chi connectivity index (χ3v) is 3.93. The molecule has 5 nitrogen and oxygen atoms in total. The summed E-state index contributed by atoms with van der Waals surface area (Å²) in [6, 6.07) is 0. The predicted molar refractivity (Wildman–Crippen MR) is 66.0 cm³/mol. The topological polar surface area (TPSA) is 56.2 Å². The van der Waals surface area contributed by atoms with Crippen LogP contribution in [0.1, 0.15) is 29.8 Å². The number of aryl methyl sites for hydroxylation is 2. The SMILES string of the molecule is Cn1nc2c(c1CNC(=O)C1CCOC1)CCC2. The van der Waals surface area contributed by atoms with Gasteiger partial charge in [0.05, 0.1) is 30.5 Å². The normalized spacial score (nSPS) is 22.2. The summed E-state index contributed by atoms with van der Waals surface area (Å²) >= 11 is 0. The fourth-order valence-corrected chi connectivity index (χ4v) is 2.86. The van der Waals surface area contributed by atoms with E-state index in [9.17, 15) is 4.79 Å². The highest BCUT2D eigenvalue weighted by molar-refractivity contribution is 5.78. The number of aromatic nitrogens is 2. The average molecular weight is 249 g/mol. The number of hydrogen-bond donors (Lipinski definition) is 1. The monoisotopic (exact) mass is 249 g/mol. The lowest BCUT2D eigenvalue weighted by atomic mass is 10.1. The molecule has 0 radical (unpaired) electrons. The first-order valence-electron chi connectivity index (χ1n) is 6.65. The summed E-state index contributed by atoms with van der Waals surface area (Å²) < 4.78 is 7.15. The molecule has 0 spiro atoms. The summed E-state index contributed by atoms with van der Waals surface area (Å²) in [5.41, 5.74) is 3.72. The fourth-order valence-electron chi connectivity index (χ4n) is 2.86. The van der Waals surface area contributed by atoms with Crippen LogP contribution in [0.15, 0.2) is 0 Å². The van der Waals surface area contributed by atoms with Gasteiger partial charge in [0.25, 0.3) is 0 Å². The smallest absolute Gasteiger partial charge is 0.225 e. The minimum atomic E-state index is 0.0336. The number of carbonyl (C=O) groups is 1. The molecule has 1 atom stereocenters. The molecule has 1 unspecified atom stereocenters. The highest BCUT2D eigenvalue weighted by Gasteiger charge is 2.25. The quantitative estimate of drug-likeness (QED) is 0.851. The van der Waals surface area contributed by atoms with Gasteiger partial charge in [-0.2, -0.15) is 5.10 Å². The van der Waals surface area contributed by atoms with E-state index in [4.69, 9.17) is 4.74 Å². The molecule has 0 aromatic carbocycles. The maximum Gasteiger partial charge on any atom is 0.225 e. The zero-order valence-electron chi connectivity index (χ0n) is 10.7. The first-order valence-corrected chi connectivity index (χ1v) is 6.65. The van der Waals surface area contributed by atoms with Crippen LogP contribution in [0.25, 0.3) is 0 Å². The van der Waals surface area contributed by atoms with Crippen molar-refractivity contribution in [2.24, 2.45) is 13.0 Å². The average Bonchev–Trinajstić information content (AvgIpc) is 3.02. The number of rotatable bonds is 3. The summed E-state index contributed by atoms with van der Waals surface area (Å²) in [6.45, 7) is 1.86. The van der Waals surface area contributed by atoms with Crippen molar-refractivity contribution in [2.75, 3.05) is 13.2 Å². The Morgan fingerprint density at radius 3 is 3.22 bits per heavy atom. The fraction of sp³-hybridized carbons (Fsp3) is 0.692. The van der Waals surface area contributed by atoms with Crippen molar-refractivity contribution in [2.45, 2.75) is 32.2 Å². The summed E-state index contributed by atoms with van der Waals surface area (Å²) in [6.07, 6.45) is 4.21. The van der Waals surface area contributed by atoms with Gasteiger partial charge in [-0.15, -0.1) is 0 Å². The Morgan fingerprint density at radius 1 is 1.56 bits per heavy atom. The zero-order valence-corrected chi connectivity index (χ0v) is 10.7. The molecule has 1 N–H and O–H groups in total. The van der Waals surface area contributed by atoms with Crippen molar-refractivity contribution >= 4 is 5.91 Å². The van der Waals surface area contributed by atoms with Crippen LogP contribution in [-0.2, 0) is 36.0 Å². The molecule has 3 rings (SSSR count). The van der Waals surface area contributed by atoms with E-state index in [1.54, 1.807) is 0 Å². The highest BCUT2D eigenvalue weighted by atomic mass is 16.5. The number of ether oxygens (including phenoxy) is 1. The van der Waals surface area contributed by atoms with Gasteiger partial charge in [-0.25, -0.2) is 0 Å². The summed E-state index contributed by atoms with van der Waals surface area (Å²) in [4.78, 5) is 11.9. The first kappa shape index (κ1) is 11.7. The number of hydrogen-bond acceptors (Lipinski definition) is 3. The summed E-state index contributed by atoms with van der Waals surface area (Å²) in [7, 11) is 1.96. The Balaban J connectivity index is 1.64.